The number of furan rings is 1. The van der Waals surface area contributed by atoms with Crippen LogP contribution in [0.3, 0.4) is 0 Å². The predicted octanol–water partition coefficient (Wildman–Crippen LogP) is 11.6. The molecule has 0 aliphatic heterocycles. The summed E-state index contributed by atoms with van der Waals surface area (Å²) in [5.74, 6) is 0. The summed E-state index contributed by atoms with van der Waals surface area (Å²) in [4.78, 5) is 0. The van der Waals surface area contributed by atoms with E-state index >= 15 is 0 Å². The number of benzene rings is 7. The molecule has 0 amide bonds. The van der Waals surface area contributed by atoms with Gasteiger partial charge < -0.3 is 4.42 Å². The van der Waals surface area contributed by atoms with Crippen LogP contribution in [0.15, 0.2) is 137 Å². The smallest absolute Gasteiger partial charge is 0.144 e. The third kappa shape index (κ3) is 3.08. The molecule has 0 N–H and O–H groups in total. The molecule has 0 bridgehead atoms. The molecule has 0 saturated heterocycles. The normalized spacial score (nSPS) is 12.0. The molecular weight excluding hydrogens is 504 g/mol. The molecule has 0 fully saturated rings. The molecule has 2 heterocycles. The molecule has 7 aromatic carbocycles. The SMILES string of the molecule is c1ccc2cc(-c3c4ccccc4c(-c4ccc5oc6c7ccsc7ccc6c5c4)c4ccccc34)ccc2c1. The van der Waals surface area contributed by atoms with Gasteiger partial charge in [0.15, 0.2) is 0 Å². The highest BCUT2D eigenvalue weighted by atomic mass is 32.1. The van der Waals surface area contributed by atoms with E-state index in [1.807, 2.05) is 0 Å². The Labute approximate surface area is 234 Å². The third-order valence-corrected chi connectivity index (χ3v) is 9.21. The van der Waals surface area contributed by atoms with Gasteiger partial charge in [-0.25, -0.2) is 0 Å². The Hall–Kier alpha value is -4.92. The van der Waals surface area contributed by atoms with Gasteiger partial charge in [0.05, 0.1) is 0 Å². The molecule has 0 aliphatic rings. The van der Waals surface area contributed by atoms with Crippen LogP contribution in [-0.2, 0) is 0 Å². The maximum absolute atomic E-state index is 6.41. The third-order valence-electron chi connectivity index (χ3n) is 8.33. The lowest BCUT2D eigenvalue weighted by atomic mass is 9.85. The average molecular weight is 527 g/mol. The van der Waals surface area contributed by atoms with Gasteiger partial charge >= 0.3 is 0 Å². The van der Waals surface area contributed by atoms with Crippen molar-refractivity contribution in [3.8, 4) is 22.3 Å². The standard InChI is InChI=1S/C38H22OS/c1-2-8-24-21-25(14-13-23(24)7-1)36-27-9-3-5-11-29(27)37(30-12-6-4-10-28(30)36)26-15-17-34-33(22-26)31-16-18-35-32(19-20-40-35)38(31)39-34/h1-22H. The van der Waals surface area contributed by atoms with Crippen LogP contribution < -0.4 is 0 Å². The number of rotatable bonds is 2. The highest BCUT2D eigenvalue weighted by Gasteiger charge is 2.18. The Kier molecular flexibility index (Phi) is 4.55. The molecule has 2 aromatic heterocycles. The lowest BCUT2D eigenvalue weighted by Crippen LogP contribution is -1.91. The predicted molar refractivity (Wildman–Crippen MR) is 172 cm³/mol. The van der Waals surface area contributed by atoms with Gasteiger partial charge in [0.25, 0.3) is 0 Å². The van der Waals surface area contributed by atoms with Gasteiger partial charge in [0.1, 0.15) is 11.2 Å². The first kappa shape index (κ1) is 22.0. The molecule has 40 heavy (non-hydrogen) atoms. The Morgan fingerprint density at radius 3 is 1.77 bits per heavy atom. The molecule has 0 saturated carbocycles. The largest absolute Gasteiger partial charge is 0.455 e. The van der Waals surface area contributed by atoms with Crippen molar-refractivity contribution < 1.29 is 4.42 Å². The number of thiophene rings is 1. The van der Waals surface area contributed by atoms with Gasteiger partial charge in [0, 0.05) is 20.9 Å². The summed E-state index contributed by atoms with van der Waals surface area (Å²) < 4.78 is 7.67. The van der Waals surface area contributed by atoms with E-state index in [0.29, 0.717) is 0 Å². The zero-order chi connectivity index (χ0) is 26.2. The quantitative estimate of drug-likeness (QED) is 0.204. The minimum absolute atomic E-state index is 0.929. The van der Waals surface area contributed by atoms with Crippen molar-refractivity contribution in [2.24, 2.45) is 0 Å². The maximum atomic E-state index is 6.41. The molecule has 0 radical (unpaired) electrons. The summed E-state index contributed by atoms with van der Waals surface area (Å²) >= 11 is 1.75. The monoisotopic (exact) mass is 526 g/mol. The first-order valence-corrected chi connectivity index (χ1v) is 14.5. The average Bonchev–Trinajstić information content (AvgIpc) is 3.64. The second-order valence-electron chi connectivity index (χ2n) is 10.5. The minimum atomic E-state index is 0.929. The van der Waals surface area contributed by atoms with Gasteiger partial charge in [-0.3, -0.25) is 0 Å². The van der Waals surface area contributed by atoms with Crippen molar-refractivity contribution in [2.75, 3.05) is 0 Å². The van der Waals surface area contributed by atoms with Crippen molar-refractivity contribution in [3.05, 3.63) is 133 Å². The van der Waals surface area contributed by atoms with Gasteiger partial charge in [-0.05, 0) is 96.3 Å². The van der Waals surface area contributed by atoms with E-state index in [2.05, 4.69) is 133 Å². The molecule has 0 atom stereocenters. The van der Waals surface area contributed by atoms with E-state index in [1.165, 1.54) is 70.0 Å². The van der Waals surface area contributed by atoms with Crippen molar-refractivity contribution >= 4 is 75.7 Å². The molecule has 9 aromatic rings. The summed E-state index contributed by atoms with van der Waals surface area (Å²) in [6.07, 6.45) is 0. The maximum Gasteiger partial charge on any atom is 0.144 e. The summed E-state index contributed by atoms with van der Waals surface area (Å²) in [5, 5.41) is 13.2. The highest BCUT2D eigenvalue weighted by molar-refractivity contribution is 7.17. The van der Waals surface area contributed by atoms with E-state index in [4.69, 9.17) is 4.42 Å². The second kappa shape index (κ2) is 8.29. The van der Waals surface area contributed by atoms with E-state index < -0.39 is 0 Å². The Morgan fingerprint density at radius 1 is 0.425 bits per heavy atom. The lowest BCUT2D eigenvalue weighted by molar-refractivity contribution is 0.673. The van der Waals surface area contributed by atoms with E-state index in [1.54, 1.807) is 11.3 Å². The van der Waals surface area contributed by atoms with Crippen molar-refractivity contribution in [3.63, 3.8) is 0 Å². The zero-order valence-electron chi connectivity index (χ0n) is 21.5. The van der Waals surface area contributed by atoms with Gasteiger partial charge in [0.2, 0.25) is 0 Å². The van der Waals surface area contributed by atoms with E-state index in [9.17, 15) is 0 Å². The van der Waals surface area contributed by atoms with Crippen molar-refractivity contribution in [2.45, 2.75) is 0 Å². The van der Waals surface area contributed by atoms with Crippen LogP contribution in [0.1, 0.15) is 0 Å². The topological polar surface area (TPSA) is 13.1 Å². The van der Waals surface area contributed by atoms with Gasteiger partial charge in [-0.1, -0.05) is 91.0 Å². The van der Waals surface area contributed by atoms with Crippen LogP contribution >= 0.6 is 11.3 Å². The molecule has 0 spiro atoms. The molecule has 1 nitrogen and oxygen atoms in total. The molecule has 186 valence electrons. The van der Waals surface area contributed by atoms with Crippen LogP contribution in [0.25, 0.3) is 86.6 Å². The summed E-state index contributed by atoms with van der Waals surface area (Å²) in [6.45, 7) is 0. The first-order valence-electron chi connectivity index (χ1n) is 13.6. The summed E-state index contributed by atoms with van der Waals surface area (Å²) in [7, 11) is 0. The lowest BCUT2D eigenvalue weighted by Gasteiger charge is -2.18. The summed E-state index contributed by atoms with van der Waals surface area (Å²) in [6, 6.07) is 46.4. The number of hydrogen-bond donors (Lipinski definition) is 0. The van der Waals surface area contributed by atoms with Crippen LogP contribution in [0, 0.1) is 0 Å². The van der Waals surface area contributed by atoms with E-state index in [0.717, 1.165) is 16.6 Å². The molecule has 2 heteroatoms. The van der Waals surface area contributed by atoms with Gasteiger partial charge in [-0.15, -0.1) is 11.3 Å². The highest BCUT2D eigenvalue weighted by Crippen LogP contribution is 2.45. The van der Waals surface area contributed by atoms with Crippen LogP contribution in [0.2, 0.25) is 0 Å². The number of hydrogen-bond acceptors (Lipinski definition) is 2. The Bertz CT molecular complexity index is 2380. The zero-order valence-corrected chi connectivity index (χ0v) is 22.3. The molecule has 0 aliphatic carbocycles. The van der Waals surface area contributed by atoms with Gasteiger partial charge in [-0.2, -0.15) is 0 Å². The Balaban J connectivity index is 1.37. The fraction of sp³-hybridized carbons (Fsp3) is 0. The minimum Gasteiger partial charge on any atom is -0.455 e. The summed E-state index contributed by atoms with van der Waals surface area (Å²) in [5.41, 5.74) is 6.91. The first-order chi connectivity index (χ1) is 19.8. The number of fused-ring (bicyclic) bond motifs is 8. The van der Waals surface area contributed by atoms with Crippen molar-refractivity contribution in [1.82, 2.24) is 0 Å². The fourth-order valence-electron chi connectivity index (χ4n) is 6.53. The molecular formula is C38H22OS. The second-order valence-corrected chi connectivity index (χ2v) is 11.4. The molecule has 9 rings (SSSR count). The van der Waals surface area contributed by atoms with Crippen LogP contribution in [0.5, 0.6) is 0 Å². The Morgan fingerprint density at radius 2 is 1.05 bits per heavy atom. The van der Waals surface area contributed by atoms with Crippen molar-refractivity contribution in [1.29, 1.82) is 0 Å². The fourth-order valence-corrected chi connectivity index (χ4v) is 7.31. The van der Waals surface area contributed by atoms with Crippen LogP contribution in [0.4, 0.5) is 0 Å². The van der Waals surface area contributed by atoms with Crippen LogP contribution in [-0.4, -0.2) is 0 Å². The molecule has 0 unspecified atom stereocenters. The van der Waals surface area contributed by atoms with E-state index in [-0.39, 0.29) is 0 Å².